The third kappa shape index (κ3) is 4.64. The van der Waals surface area contributed by atoms with Crippen LogP contribution in [0.4, 0.5) is 16.0 Å². The summed E-state index contributed by atoms with van der Waals surface area (Å²) in [6, 6.07) is 12.4. The van der Waals surface area contributed by atoms with E-state index in [9.17, 15) is 9.18 Å². The van der Waals surface area contributed by atoms with Gasteiger partial charge in [-0.25, -0.2) is 14.4 Å². The third-order valence-electron chi connectivity index (χ3n) is 5.36. The van der Waals surface area contributed by atoms with E-state index in [0.29, 0.717) is 12.5 Å². The molecule has 5 nitrogen and oxygen atoms in total. The van der Waals surface area contributed by atoms with Crippen LogP contribution in [0.3, 0.4) is 0 Å². The zero-order valence-corrected chi connectivity index (χ0v) is 17.2. The minimum atomic E-state index is -0.287. The minimum Gasteiger partial charge on any atom is -0.340 e. The van der Waals surface area contributed by atoms with Gasteiger partial charge in [0, 0.05) is 36.7 Å². The highest BCUT2D eigenvalue weighted by Gasteiger charge is 2.27. The highest BCUT2D eigenvalue weighted by molar-refractivity contribution is 5.93. The van der Waals surface area contributed by atoms with E-state index in [1.54, 1.807) is 18.5 Å². The van der Waals surface area contributed by atoms with Crippen molar-refractivity contribution in [1.82, 2.24) is 9.97 Å². The molecule has 1 aromatic heterocycles. The second kappa shape index (κ2) is 8.61. The van der Waals surface area contributed by atoms with Crippen molar-refractivity contribution in [3.63, 3.8) is 0 Å². The quantitative estimate of drug-likeness (QED) is 0.681. The standard InChI is InChI=1S/C24H25FN4O/c1-16-9-17(2)11-22(10-16)28-23(30)19-6-4-8-29(15-19)24-26-13-20(14-27-24)18-5-3-7-21(25)12-18/h3,5,7,9-14,19H,4,6,8,15H2,1-2H3,(H,28,30)/t19-/m0/s1. The van der Waals surface area contributed by atoms with Gasteiger partial charge in [0.25, 0.3) is 0 Å². The van der Waals surface area contributed by atoms with E-state index >= 15 is 0 Å². The molecular weight excluding hydrogens is 379 g/mol. The molecule has 2 heterocycles. The molecule has 30 heavy (non-hydrogen) atoms. The molecule has 1 N–H and O–H groups in total. The van der Waals surface area contributed by atoms with Crippen molar-refractivity contribution < 1.29 is 9.18 Å². The van der Waals surface area contributed by atoms with Crippen molar-refractivity contribution in [3.05, 3.63) is 71.8 Å². The number of piperidine rings is 1. The maximum atomic E-state index is 13.5. The van der Waals surface area contributed by atoms with Gasteiger partial charge in [-0.05, 0) is 67.6 Å². The van der Waals surface area contributed by atoms with E-state index in [4.69, 9.17) is 0 Å². The molecule has 0 unspecified atom stereocenters. The van der Waals surface area contributed by atoms with Crippen LogP contribution in [0.2, 0.25) is 0 Å². The Balaban J connectivity index is 1.44. The number of aryl methyl sites for hydroxylation is 2. The number of aromatic nitrogens is 2. The van der Waals surface area contributed by atoms with Gasteiger partial charge in [-0.15, -0.1) is 0 Å². The molecule has 1 aliphatic heterocycles. The number of benzene rings is 2. The molecule has 0 radical (unpaired) electrons. The van der Waals surface area contributed by atoms with Crippen molar-refractivity contribution in [2.24, 2.45) is 5.92 Å². The molecule has 0 bridgehead atoms. The first-order chi connectivity index (χ1) is 14.5. The molecule has 6 heteroatoms. The summed E-state index contributed by atoms with van der Waals surface area (Å²) >= 11 is 0. The summed E-state index contributed by atoms with van der Waals surface area (Å²) in [4.78, 5) is 23.8. The Bertz CT molecular complexity index is 1030. The van der Waals surface area contributed by atoms with Crippen LogP contribution in [-0.2, 0) is 4.79 Å². The SMILES string of the molecule is Cc1cc(C)cc(NC(=O)[C@H]2CCCN(c3ncc(-c4cccc(F)c4)cn3)C2)c1. The highest BCUT2D eigenvalue weighted by Crippen LogP contribution is 2.24. The molecule has 1 saturated heterocycles. The summed E-state index contributed by atoms with van der Waals surface area (Å²) < 4.78 is 13.5. The van der Waals surface area contributed by atoms with Crippen LogP contribution >= 0.6 is 0 Å². The molecule has 3 aromatic rings. The number of carbonyl (C=O) groups excluding carboxylic acids is 1. The largest absolute Gasteiger partial charge is 0.340 e. The Morgan fingerprint density at radius 2 is 1.80 bits per heavy atom. The lowest BCUT2D eigenvalue weighted by Gasteiger charge is -2.32. The molecule has 0 spiro atoms. The second-order valence-electron chi connectivity index (χ2n) is 7.93. The normalized spacial score (nSPS) is 16.4. The van der Waals surface area contributed by atoms with E-state index in [0.717, 1.165) is 47.3 Å². The number of nitrogens with one attached hydrogen (secondary N) is 1. The zero-order chi connectivity index (χ0) is 21.1. The molecular formula is C24H25FN4O. The average molecular weight is 404 g/mol. The zero-order valence-electron chi connectivity index (χ0n) is 17.2. The van der Waals surface area contributed by atoms with Crippen LogP contribution in [0.25, 0.3) is 11.1 Å². The van der Waals surface area contributed by atoms with Gasteiger partial charge in [-0.3, -0.25) is 4.79 Å². The van der Waals surface area contributed by atoms with Crippen molar-refractivity contribution >= 4 is 17.5 Å². The molecule has 4 rings (SSSR count). The Morgan fingerprint density at radius 1 is 1.07 bits per heavy atom. The fourth-order valence-electron chi connectivity index (χ4n) is 3.97. The molecule has 1 aliphatic rings. The van der Waals surface area contributed by atoms with E-state index in [-0.39, 0.29) is 17.6 Å². The van der Waals surface area contributed by atoms with Crippen LogP contribution in [-0.4, -0.2) is 29.0 Å². The molecule has 0 aliphatic carbocycles. The Labute approximate surface area is 176 Å². The van der Waals surface area contributed by atoms with Crippen LogP contribution in [0.1, 0.15) is 24.0 Å². The number of hydrogen-bond donors (Lipinski definition) is 1. The first-order valence-electron chi connectivity index (χ1n) is 10.2. The van der Waals surface area contributed by atoms with Gasteiger partial charge < -0.3 is 10.2 Å². The third-order valence-corrected chi connectivity index (χ3v) is 5.36. The predicted molar refractivity (Wildman–Crippen MR) is 117 cm³/mol. The van der Waals surface area contributed by atoms with Gasteiger partial charge in [-0.1, -0.05) is 18.2 Å². The van der Waals surface area contributed by atoms with Crippen molar-refractivity contribution in [1.29, 1.82) is 0 Å². The maximum absolute atomic E-state index is 13.5. The Hall–Kier alpha value is -3.28. The average Bonchev–Trinajstić information content (AvgIpc) is 2.73. The van der Waals surface area contributed by atoms with Gasteiger partial charge in [-0.2, -0.15) is 0 Å². The van der Waals surface area contributed by atoms with Crippen LogP contribution in [0.5, 0.6) is 0 Å². The summed E-state index contributed by atoms with van der Waals surface area (Å²) in [5, 5.41) is 3.06. The van der Waals surface area contributed by atoms with Gasteiger partial charge in [0.1, 0.15) is 5.82 Å². The van der Waals surface area contributed by atoms with E-state index in [2.05, 4.69) is 21.4 Å². The number of amides is 1. The Kier molecular flexibility index (Phi) is 5.74. The lowest BCUT2D eigenvalue weighted by Crippen LogP contribution is -2.41. The lowest BCUT2D eigenvalue weighted by molar-refractivity contribution is -0.120. The predicted octanol–water partition coefficient (Wildman–Crippen LogP) is 4.75. The molecule has 1 amide bonds. The number of carbonyl (C=O) groups is 1. The van der Waals surface area contributed by atoms with E-state index in [1.807, 2.05) is 36.9 Å². The minimum absolute atomic E-state index is 0.0288. The summed E-state index contributed by atoms with van der Waals surface area (Å²) in [6.07, 6.45) is 5.15. The van der Waals surface area contributed by atoms with E-state index < -0.39 is 0 Å². The summed E-state index contributed by atoms with van der Waals surface area (Å²) in [7, 11) is 0. The number of nitrogens with zero attached hydrogens (tertiary/aromatic N) is 3. The number of rotatable bonds is 4. The summed E-state index contributed by atoms with van der Waals surface area (Å²) in [6.45, 7) is 5.44. The topological polar surface area (TPSA) is 58.1 Å². The molecule has 154 valence electrons. The monoisotopic (exact) mass is 404 g/mol. The van der Waals surface area contributed by atoms with Crippen molar-refractivity contribution in [2.45, 2.75) is 26.7 Å². The number of hydrogen-bond acceptors (Lipinski definition) is 4. The van der Waals surface area contributed by atoms with Crippen LogP contribution < -0.4 is 10.2 Å². The maximum Gasteiger partial charge on any atom is 0.229 e. The van der Waals surface area contributed by atoms with Crippen LogP contribution in [0, 0.1) is 25.6 Å². The van der Waals surface area contributed by atoms with Gasteiger partial charge in [0.05, 0.1) is 5.92 Å². The summed E-state index contributed by atoms with van der Waals surface area (Å²) in [5.41, 5.74) is 4.60. The smallest absolute Gasteiger partial charge is 0.229 e. The molecule has 1 fully saturated rings. The highest BCUT2D eigenvalue weighted by atomic mass is 19.1. The number of anilines is 2. The van der Waals surface area contributed by atoms with Crippen molar-refractivity contribution in [3.8, 4) is 11.1 Å². The first-order valence-corrected chi connectivity index (χ1v) is 10.2. The Morgan fingerprint density at radius 3 is 2.50 bits per heavy atom. The molecule has 2 aromatic carbocycles. The fraction of sp³-hybridized carbons (Fsp3) is 0.292. The van der Waals surface area contributed by atoms with Gasteiger partial charge in [0.2, 0.25) is 11.9 Å². The fourth-order valence-corrected chi connectivity index (χ4v) is 3.97. The lowest BCUT2D eigenvalue weighted by atomic mass is 9.97. The molecule has 1 atom stereocenters. The summed E-state index contributed by atoms with van der Waals surface area (Å²) in [5.74, 6) is 0.219. The second-order valence-corrected chi connectivity index (χ2v) is 7.93. The van der Waals surface area contributed by atoms with Gasteiger partial charge >= 0.3 is 0 Å². The molecule has 0 saturated carbocycles. The van der Waals surface area contributed by atoms with Gasteiger partial charge in [0.15, 0.2) is 0 Å². The van der Waals surface area contributed by atoms with Crippen LogP contribution in [0.15, 0.2) is 54.9 Å². The van der Waals surface area contributed by atoms with Crippen molar-refractivity contribution in [2.75, 3.05) is 23.3 Å². The van der Waals surface area contributed by atoms with E-state index in [1.165, 1.54) is 12.1 Å². The number of halogens is 1. The first kappa shape index (κ1) is 20.0.